The number of aryl methyl sites for hydroxylation is 1. The van der Waals surface area contributed by atoms with Gasteiger partial charge in [0.05, 0.1) is 17.2 Å². The van der Waals surface area contributed by atoms with Gasteiger partial charge in [0.25, 0.3) is 15.9 Å². The van der Waals surface area contributed by atoms with Crippen LogP contribution in [0.5, 0.6) is 5.75 Å². The molecule has 0 aromatic heterocycles. The lowest BCUT2D eigenvalue weighted by Gasteiger charge is -2.34. The van der Waals surface area contributed by atoms with E-state index in [1.165, 1.54) is 0 Å². The van der Waals surface area contributed by atoms with Gasteiger partial charge in [-0.1, -0.05) is 38.5 Å². The first-order chi connectivity index (χ1) is 16.5. The minimum atomic E-state index is -3.97. The topological polar surface area (TPSA) is 88.1 Å². The van der Waals surface area contributed by atoms with Gasteiger partial charge < -0.3 is 4.74 Å². The molecule has 8 heteroatoms. The van der Waals surface area contributed by atoms with Crippen LogP contribution in [0.25, 0.3) is 0 Å². The van der Waals surface area contributed by atoms with E-state index in [0.717, 1.165) is 41.3 Å². The maximum absolute atomic E-state index is 13.5. The number of carbonyl (C=O) groups excluding carboxylic acids is 1. The predicted molar refractivity (Wildman–Crippen MR) is 140 cm³/mol. The molecule has 1 saturated carbocycles. The molecule has 0 heterocycles. The molecule has 1 N–H and O–H groups in total. The molecule has 0 saturated heterocycles. The molecule has 0 bridgehead atoms. The molecule has 3 rings (SSSR count). The Morgan fingerprint density at radius 1 is 1.06 bits per heavy atom. The molecule has 190 valence electrons. The number of nitrogens with one attached hydrogen (secondary N) is 1. The third-order valence-electron chi connectivity index (χ3n) is 6.46. The number of rotatable bonds is 8. The van der Waals surface area contributed by atoms with Crippen LogP contribution >= 0.6 is 0 Å². The summed E-state index contributed by atoms with van der Waals surface area (Å²) in [6, 6.07) is 13.3. The van der Waals surface area contributed by atoms with E-state index in [1.54, 1.807) is 48.5 Å². The second kappa shape index (κ2) is 11.2. The van der Waals surface area contributed by atoms with E-state index in [0.29, 0.717) is 24.0 Å². The third-order valence-corrected chi connectivity index (χ3v) is 8.25. The summed E-state index contributed by atoms with van der Waals surface area (Å²) in [5.74, 6) is 0.776. The Kier molecular flexibility index (Phi) is 8.59. The van der Waals surface area contributed by atoms with Crippen LogP contribution in [-0.2, 0) is 14.8 Å². The van der Waals surface area contributed by atoms with Crippen molar-refractivity contribution >= 4 is 27.3 Å². The van der Waals surface area contributed by atoms with Gasteiger partial charge in [0.15, 0.2) is 0 Å². The van der Waals surface area contributed by atoms with Crippen molar-refractivity contribution in [2.24, 2.45) is 16.4 Å². The Labute approximate surface area is 209 Å². The van der Waals surface area contributed by atoms with Crippen molar-refractivity contribution in [2.75, 3.05) is 17.5 Å². The minimum absolute atomic E-state index is 0.122. The predicted octanol–water partition coefficient (Wildman–Crippen LogP) is 5.30. The molecule has 0 radical (unpaired) electrons. The summed E-state index contributed by atoms with van der Waals surface area (Å²) in [5, 5.41) is 4.33. The molecular formula is C27H37N3O4S. The summed E-state index contributed by atoms with van der Waals surface area (Å²) in [6.07, 6.45) is 3.76. The first-order valence-electron chi connectivity index (χ1n) is 12.2. The fraction of sp³-hybridized carbons (Fsp3) is 0.481. The molecule has 1 aliphatic rings. The maximum Gasteiger partial charge on any atom is 0.264 e. The SMILES string of the molecule is CCOc1ccc(N(CC(=O)NN=C2CCC(C(C)(C)C)CC2)S(=O)(=O)c2ccc(C)cc2)cc1. The fourth-order valence-electron chi connectivity index (χ4n) is 4.26. The van der Waals surface area contributed by atoms with Crippen molar-refractivity contribution < 1.29 is 17.9 Å². The van der Waals surface area contributed by atoms with Crippen LogP contribution in [0.2, 0.25) is 0 Å². The van der Waals surface area contributed by atoms with Crippen LogP contribution < -0.4 is 14.5 Å². The largest absolute Gasteiger partial charge is 0.494 e. The number of anilines is 1. The summed E-state index contributed by atoms with van der Waals surface area (Å²) in [5.41, 5.74) is 5.13. The number of sulfonamides is 1. The van der Waals surface area contributed by atoms with Crippen molar-refractivity contribution in [3.05, 3.63) is 54.1 Å². The van der Waals surface area contributed by atoms with E-state index in [2.05, 4.69) is 31.3 Å². The molecule has 1 fully saturated rings. The first kappa shape index (κ1) is 26.7. The zero-order chi connectivity index (χ0) is 25.6. The first-order valence-corrected chi connectivity index (χ1v) is 13.6. The van der Waals surface area contributed by atoms with Crippen LogP contribution in [0.4, 0.5) is 5.69 Å². The van der Waals surface area contributed by atoms with E-state index in [4.69, 9.17) is 4.74 Å². The van der Waals surface area contributed by atoms with Crippen molar-refractivity contribution in [2.45, 2.75) is 65.2 Å². The highest BCUT2D eigenvalue weighted by atomic mass is 32.2. The Morgan fingerprint density at radius 3 is 2.20 bits per heavy atom. The quantitative estimate of drug-likeness (QED) is 0.500. The van der Waals surface area contributed by atoms with Crippen molar-refractivity contribution in [1.29, 1.82) is 0 Å². The standard InChI is InChI=1S/C27H37N3O4S/c1-6-34-24-15-13-23(14-16-24)30(35(32,33)25-17-7-20(2)8-18-25)19-26(31)29-28-22-11-9-21(10-12-22)27(3,4)5/h7-8,13-18,21H,6,9-12,19H2,1-5H3,(H,29,31). The van der Waals surface area contributed by atoms with Gasteiger partial charge in [-0.25, -0.2) is 13.8 Å². The van der Waals surface area contributed by atoms with Gasteiger partial charge in [-0.05, 0) is 87.3 Å². The number of hydrogen-bond acceptors (Lipinski definition) is 5. The van der Waals surface area contributed by atoms with Gasteiger partial charge in [0.2, 0.25) is 0 Å². The Morgan fingerprint density at radius 2 is 1.66 bits per heavy atom. The van der Waals surface area contributed by atoms with Gasteiger partial charge in [0, 0.05) is 5.71 Å². The van der Waals surface area contributed by atoms with Crippen LogP contribution in [0.1, 0.15) is 58.9 Å². The average Bonchev–Trinajstić information content (AvgIpc) is 2.82. The van der Waals surface area contributed by atoms with Crippen LogP contribution in [0.15, 0.2) is 58.5 Å². The zero-order valence-corrected chi connectivity index (χ0v) is 22.2. The van der Waals surface area contributed by atoms with E-state index in [1.807, 2.05) is 13.8 Å². The van der Waals surface area contributed by atoms with Crippen LogP contribution in [0.3, 0.4) is 0 Å². The molecule has 2 aromatic rings. The van der Waals surface area contributed by atoms with Gasteiger partial charge >= 0.3 is 0 Å². The summed E-state index contributed by atoms with van der Waals surface area (Å²) in [7, 11) is -3.97. The van der Waals surface area contributed by atoms with Crippen LogP contribution in [-0.4, -0.2) is 33.2 Å². The molecule has 1 amide bonds. The number of hydrazone groups is 1. The van der Waals surface area contributed by atoms with Crippen molar-refractivity contribution in [1.82, 2.24) is 5.43 Å². The van der Waals surface area contributed by atoms with Crippen molar-refractivity contribution in [3.63, 3.8) is 0 Å². The second-order valence-corrected chi connectivity index (χ2v) is 12.0. The summed E-state index contributed by atoms with van der Waals surface area (Å²) in [6.45, 7) is 10.7. The highest BCUT2D eigenvalue weighted by Crippen LogP contribution is 2.36. The molecule has 1 aliphatic carbocycles. The van der Waals surface area contributed by atoms with Gasteiger partial charge in [-0.2, -0.15) is 5.10 Å². The lowest BCUT2D eigenvalue weighted by atomic mass is 9.72. The fourth-order valence-corrected chi connectivity index (χ4v) is 5.68. The third kappa shape index (κ3) is 7.07. The highest BCUT2D eigenvalue weighted by Gasteiger charge is 2.29. The second-order valence-electron chi connectivity index (χ2n) is 10.1. The number of amides is 1. The average molecular weight is 500 g/mol. The normalized spacial score (nSPS) is 16.5. The molecule has 0 spiro atoms. The molecule has 0 unspecified atom stereocenters. The molecule has 0 aliphatic heterocycles. The van der Waals surface area contributed by atoms with E-state index < -0.39 is 15.9 Å². The molecule has 35 heavy (non-hydrogen) atoms. The van der Waals surface area contributed by atoms with E-state index >= 15 is 0 Å². The molecule has 2 aromatic carbocycles. The lowest BCUT2D eigenvalue weighted by Crippen LogP contribution is -2.40. The Balaban J connectivity index is 1.78. The molecular weight excluding hydrogens is 462 g/mol. The summed E-state index contributed by atoms with van der Waals surface area (Å²) in [4.78, 5) is 13.0. The van der Waals surface area contributed by atoms with Gasteiger partial charge in [-0.15, -0.1) is 0 Å². The van der Waals surface area contributed by atoms with Gasteiger partial charge in [0.1, 0.15) is 12.3 Å². The monoisotopic (exact) mass is 499 g/mol. The zero-order valence-electron chi connectivity index (χ0n) is 21.4. The Bertz CT molecular complexity index is 1120. The Hall–Kier alpha value is -2.87. The van der Waals surface area contributed by atoms with Gasteiger partial charge in [-0.3, -0.25) is 9.10 Å². The minimum Gasteiger partial charge on any atom is -0.494 e. The van der Waals surface area contributed by atoms with Crippen LogP contribution in [0, 0.1) is 18.3 Å². The smallest absolute Gasteiger partial charge is 0.264 e. The number of ether oxygens (including phenoxy) is 1. The van der Waals surface area contributed by atoms with E-state index in [-0.39, 0.29) is 16.9 Å². The lowest BCUT2D eigenvalue weighted by molar-refractivity contribution is -0.119. The molecule has 7 nitrogen and oxygen atoms in total. The summed E-state index contributed by atoms with van der Waals surface area (Å²) >= 11 is 0. The van der Waals surface area contributed by atoms with E-state index in [9.17, 15) is 13.2 Å². The number of nitrogens with zero attached hydrogens (tertiary/aromatic N) is 2. The van der Waals surface area contributed by atoms with Crippen molar-refractivity contribution in [3.8, 4) is 5.75 Å². The highest BCUT2D eigenvalue weighted by molar-refractivity contribution is 7.92. The summed E-state index contributed by atoms with van der Waals surface area (Å²) < 4.78 is 33.6. The molecule has 0 atom stereocenters. The number of benzene rings is 2. The number of carbonyl (C=O) groups is 1. The maximum atomic E-state index is 13.5. The number of hydrogen-bond donors (Lipinski definition) is 1.